The Kier molecular flexibility index (Phi) is 4.27. The molecule has 0 unspecified atom stereocenters. The number of anilines is 1. The Morgan fingerprint density at radius 1 is 1.21 bits per heavy atom. The molecule has 5 nitrogen and oxygen atoms in total. The summed E-state index contributed by atoms with van der Waals surface area (Å²) in [6.07, 6.45) is 1.58. The van der Waals surface area contributed by atoms with Crippen molar-refractivity contribution in [2.75, 3.05) is 10.8 Å². The van der Waals surface area contributed by atoms with Gasteiger partial charge in [-0.15, -0.1) is 0 Å². The number of amides is 1. The van der Waals surface area contributed by atoms with Gasteiger partial charge in [0.15, 0.2) is 0 Å². The Labute approximate surface area is 146 Å². The summed E-state index contributed by atoms with van der Waals surface area (Å²) in [6.45, 7) is 1.95. The zero-order valence-electron chi connectivity index (χ0n) is 13.1. The first-order chi connectivity index (χ1) is 11.3. The van der Waals surface area contributed by atoms with Crippen molar-refractivity contribution >= 4 is 33.2 Å². The van der Waals surface area contributed by atoms with E-state index >= 15 is 0 Å². The highest BCUT2D eigenvalue weighted by Crippen LogP contribution is 2.34. The van der Waals surface area contributed by atoms with E-state index < -0.39 is 15.9 Å². The summed E-state index contributed by atoms with van der Waals surface area (Å²) >= 11 is 6.00. The first-order valence-electron chi connectivity index (χ1n) is 7.53. The Morgan fingerprint density at radius 3 is 2.62 bits per heavy atom. The third-order valence-corrected chi connectivity index (χ3v) is 6.52. The largest absolute Gasteiger partial charge is 0.366 e. The van der Waals surface area contributed by atoms with Crippen LogP contribution in [0.25, 0.3) is 0 Å². The molecule has 2 N–H and O–H groups in total. The first-order valence-corrected chi connectivity index (χ1v) is 9.35. The summed E-state index contributed by atoms with van der Waals surface area (Å²) in [5.41, 5.74) is 7.35. The second-order valence-electron chi connectivity index (χ2n) is 5.72. The lowest BCUT2D eigenvalue weighted by molar-refractivity contribution is 0.0999. The minimum atomic E-state index is -3.81. The van der Waals surface area contributed by atoms with E-state index in [0.29, 0.717) is 12.2 Å². The molecule has 1 heterocycles. The molecule has 0 saturated heterocycles. The number of carbonyl (C=O) groups excluding carboxylic acids is 1. The molecule has 7 heteroatoms. The normalized spacial score (nSPS) is 14.3. The van der Waals surface area contributed by atoms with Crippen molar-refractivity contribution in [3.8, 4) is 0 Å². The number of primary amides is 1. The summed E-state index contributed by atoms with van der Waals surface area (Å²) in [4.78, 5) is 11.7. The van der Waals surface area contributed by atoms with Crippen LogP contribution in [0.1, 0.15) is 27.9 Å². The number of rotatable bonds is 3. The van der Waals surface area contributed by atoms with Crippen LogP contribution >= 0.6 is 11.6 Å². The standard InChI is InChI=1S/C17H17ClN2O3S/c1-11-15(9-8-13(18)16(11)17(19)21)24(22,23)20-10-4-6-12-5-2-3-7-14(12)20/h2-3,5,7-9H,4,6,10H2,1H3,(H2,19,21). The van der Waals surface area contributed by atoms with E-state index in [2.05, 4.69) is 0 Å². The lowest BCUT2D eigenvalue weighted by Gasteiger charge is -2.31. The van der Waals surface area contributed by atoms with Gasteiger partial charge in [-0.3, -0.25) is 9.10 Å². The Morgan fingerprint density at radius 2 is 1.92 bits per heavy atom. The number of benzene rings is 2. The van der Waals surface area contributed by atoms with Gasteiger partial charge in [-0.05, 0) is 49.1 Å². The summed E-state index contributed by atoms with van der Waals surface area (Å²) < 4.78 is 27.8. The van der Waals surface area contributed by atoms with E-state index in [0.717, 1.165) is 18.4 Å². The van der Waals surface area contributed by atoms with E-state index in [4.69, 9.17) is 17.3 Å². The molecular weight excluding hydrogens is 348 g/mol. The maximum absolute atomic E-state index is 13.2. The molecule has 0 aliphatic carbocycles. The Hall–Kier alpha value is -2.05. The van der Waals surface area contributed by atoms with Crippen LogP contribution in [0.2, 0.25) is 5.02 Å². The van der Waals surface area contributed by atoms with E-state index in [1.54, 1.807) is 13.0 Å². The van der Waals surface area contributed by atoms with Gasteiger partial charge in [0.1, 0.15) is 0 Å². The van der Waals surface area contributed by atoms with Crippen LogP contribution < -0.4 is 10.0 Å². The molecule has 3 rings (SSSR count). The van der Waals surface area contributed by atoms with Crippen LogP contribution in [-0.2, 0) is 16.4 Å². The van der Waals surface area contributed by atoms with E-state index in [-0.39, 0.29) is 21.0 Å². The lowest BCUT2D eigenvalue weighted by Crippen LogP contribution is -2.36. The fraction of sp³-hybridized carbons (Fsp3) is 0.235. The number of nitrogens with zero attached hydrogens (tertiary/aromatic N) is 1. The predicted molar refractivity (Wildman–Crippen MR) is 94.0 cm³/mol. The van der Waals surface area contributed by atoms with Crippen molar-refractivity contribution in [1.29, 1.82) is 0 Å². The highest BCUT2D eigenvalue weighted by Gasteiger charge is 2.31. The van der Waals surface area contributed by atoms with E-state index in [1.807, 2.05) is 18.2 Å². The number of hydrogen-bond acceptors (Lipinski definition) is 3. The van der Waals surface area contributed by atoms with Gasteiger partial charge in [-0.2, -0.15) is 0 Å². The molecule has 0 aromatic heterocycles. The van der Waals surface area contributed by atoms with Crippen molar-refractivity contribution in [3.63, 3.8) is 0 Å². The van der Waals surface area contributed by atoms with Crippen LogP contribution in [0, 0.1) is 6.92 Å². The molecule has 0 atom stereocenters. The average molecular weight is 365 g/mol. The molecule has 126 valence electrons. The molecule has 0 bridgehead atoms. The first kappa shape index (κ1) is 16.8. The summed E-state index contributed by atoms with van der Waals surface area (Å²) in [6, 6.07) is 10.3. The lowest BCUT2D eigenvalue weighted by atomic mass is 10.0. The second kappa shape index (κ2) is 6.11. The fourth-order valence-corrected chi connectivity index (χ4v) is 5.18. The number of hydrogen-bond donors (Lipinski definition) is 1. The van der Waals surface area contributed by atoms with Crippen LogP contribution in [-0.4, -0.2) is 20.9 Å². The van der Waals surface area contributed by atoms with Crippen molar-refractivity contribution in [1.82, 2.24) is 0 Å². The topological polar surface area (TPSA) is 80.5 Å². The number of aryl methyl sites for hydroxylation is 1. The molecule has 1 amide bonds. The molecule has 2 aromatic rings. The number of fused-ring (bicyclic) bond motifs is 1. The summed E-state index contributed by atoms with van der Waals surface area (Å²) in [5.74, 6) is -0.742. The molecular formula is C17H17ClN2O3S. The molecule has 2 aromatic carbocycles. The van der Waals surface area contributed by atoms with Gasteiger partial charge >= 0.3 is 0 Å². The minimum absolute atomic E-state index is 0.0445. The van der Waals surface area contributed by atoms with Gasteiger partial charge in [-0.1, -0.05) is 29.8 Å². The predicted octanol–water partition coefficient (Wildman–Crippen LogP) is 2.89. The molecule has 0 spiro atoms. The maximum atomic E-state index is 13.2. The molecule has 1 aliphatic rings. The van der Waals surface area contributed by atoms with Crippen molar-refractivity contribution in [2.24, 2.45) is 5.73 Å². The monoisotopic (exact) mass is 364 g/mol. The van der Waals surface area contributed by atoms with Crippen LogP contribution in [0.5, 0.6) is 0 Å². The Balaban J connectivity index is 2.17. The highest BCUT2D eigenvalue weighted by atomic mass is 35.5. The van der Waals surface area contributed by atoms with Gasteiger partial charge in [0, 0.05) is 6.54 Å². The number of carbonyl (C=O) groups is 1. The zero-order valence-corrected chi connectivity index (χ0v) is 14.7. The van der Waals surface area contributed by atoms with Gasteiger partial charge in [0.25, 0.3) is 15.9 Å². The number of halogens is 1. The van der Waals surface area contributed by atoms with Crippen molar-refractivity contribution < 1.29 is 13.2 Å². The van der Waals surface area contributed by atoms with Gasteiger partial charge in [0.2, 0.25) is 0 Å². The molecule has 1 aliphatic heterocycles. The smallest absolute Gasteiger partial charge is 0.264 e. The number of para-hydroxylation sites is 1. The van der Waals surface area contributed by atoms with Gasteiger partial charge < -0.3 is 5.73 Å². The highest BCUT2D eigenvalue weighted by molar-refractivity contribution is 7.92. The quantitative estimate of drug-likeness (QED) is 0.909. The van der Waals surface area contributed by atoms with Crippen LogP contribution in [0.4, 0.5) is 5.69 Å². The molecule has 0 saturated carbocycles. The minimum Gasteiger partial charge on any atom is -0.366 e. The van der Waals surface area contributed by atoms with Crippen molar-refractivity contribution in [2.45, 2.75) is 24.7 Å². The maximum Gasteiger partial charge on any atom is 0.264 e. The summed E-state index contributed by atoms with van der Waals surface area (Å²) in [7, 11) is -3.81. The third kappa shape index (κ3) is 2.65. The molecule has 0 radical (unpaired) electrons. The second-order valence-corrected chi connectivity index (χ2v) is 7.96. The Bertz CT molecular complexity index is 925. The van der Waals surface area contributed by atoms with Gasteiger partial charge in [0.05, 0.1) is 21.2 Å². The van der Waals surface area contributed by atoms with Crippen LogP contribution in [0.15, 0.2) is 41.3 Å². The fourth-order valence-electron chi connectivity index (χ4n) is 3.11. The SMILES string of the molecule is Cc1c(S(=O)(=O)N2CCCc3ccccc32)ccc(Cl)c1C(N)=O. The zero-order chi connectivity index (χ0) is 17.5. The molecule has 24 heavy (non-hydrogen) atoms. The summed E-state index contributed by atoms with van der Waals surface area (Å²) in [5, 5.41) is 0.151. The third-order valence-electron chi connectivity index (χ3n) is 4.25. The van der Waals surface area contributed by atoms with Crippen LogP contribution in [0.3, 0.4) is 0 Å². The van der Waals surface area contributed by atoms with E-state index in [9.17, 15) is 13.2 Å². The number of sulfonamides is 1. The van der Waals surface area contributed by atoms with Crippen molar-refractivity contribution in [3.05, 3.63) is 58.1 Å². The van der Waals surface area contributed by atoms with E-state index in [1.165, 1.54) is 16.4 Å². The number of nitrogens with two attached hydrogens (primary N) is 1. The average Bonchev–Trinajstić information content (AvgIpc) is 2.53. The molecule has 0 fully saturated rings. The van der Waals surface area contributed by atoms with Gasteiger partial charge in [-0.25, -0.2) is 8.42 Å².